The number of anilines is 1. The fourth-order valence-corrected chi connectivity index (χ4v) is 1.21. The molecule has 14 heavy (non-hydrogen) atoms. The summed E-state index contributed by atoms with van der Waals surface area (Å²) in [7, 11) is 0. The lowest BCUT2D eigenvalue weighted by Gasteiger charge is -2.10. The quantitative estimate of drug-likeness (QED) is 0.586. The van der Waals surface area contributed by atoms with Gasteiger partial charge in [-0.2, -0.15) is 0 Å². The van der Waals surface area contributed by atoms with E-state index >= 15 is 0 Å². The highest BCUT2D eigenvalue weighted by Crippen LogP contribution is 2.26. The van der Waals surface area contributed by atoms with Gasteiger partial charge < -0.3 is 10.5 Å². The van der Waals surface area contributed by atoms with Crippen molar-refractivity contribution in [2.24, 2.45) is 0 Å². The van der Waals surface area contributed by atoms with Gasteiger partial charge in [0.25, 0.3) is 0 Å². The molecule has 0 spiro atoms. The van der Waals surface area contributed by atoms with E-state index in [2.05, 4.69) is 20.4 Å². The van der Waals surface area contributed by atoms with E-state index in [9.17, 15) is 0 Å². The van der Waals surface area contributed by atoms with Crippen molar-refractivity contribution < 1.29 is 4.74 Å². The number of nitrogen functional groups attached to an aromatic ring is 1. The monoisotopic (exact) mass is 191 g/mol. The molecule has 0 saturated heterocycles. The van der Waals surface area contributed by atoms with E-state index in [4.69, 9.17) is 10.5 Å². The molecule has 0 saturated carbocycles. The normalized spacial score (nSPS) is 10.2. The van der Waals surface area contributed by atoms with Gasteiger partial charge in [0, 0.05) is 0 Å². The third-order valence-electron chi connectivity index (χ3n) is 2.06. The van der Waals surface area contributed by atoms with Crippen molar-refractivity contribution in [2.45, 2.75) is 19.8 Å². The van der Waals surface area contributed by atoms with Gasteiger partial charge in [0.1, 0.15) is 12.4 Å². The van der Waals surface area contributed by atoms with E-state index in [1.165, 1.54) is 5.56 Å². The first-order valence-electron chi connectivity index (χ1n) is 4.78. The maximum atomic E-state index is 5.84. The fraction of sp³-hybridized carbons (Fsp3) is 0.333. The topological polar surface area (TPSA) is 35.2 Å². The average molecular weight is 191 g/mol. The molecule has 0 unspecified atom stereocenters. The predicted molar refractivity (Wildman–Crippen MR) is 60.6 cm³/mol. The number of hydrogen-bond donors (Lipinski definition) is 1. The van der Waals surface area contributed by atoms with E-state index in [0.29, 0.717) is 18.2 Å². The van der Waals surface area contributed by atoms with Gasteiger partial charge in [-0.1, -0.05) is 32.6 Å². The molecular weight excluding hydrogens is 174 g/mol. The molecule has 0 radical (unpaired) electrons. The van der Waals surface area contributed by atoms with Crippen LogP contribution in [0.25, 0.3) is 0 Å². The zero-order chi connectivity index (χ0) is 10.6. The summed E-state index contributed by atoms with van der Waals surface area (Å²) in [5.41, 5.74) is 7.76. The first-order chi connectivity index (χ1) is 6.65. The van der Waals surface area contributed by atoms with Crippen molar-refractivity contribution in [3.05, 3.63) is 36.4 Å². The van der Waals surface area contributed by atoms with Crippen molar-refractivity contribution >= 4 is 5.69 Å². The molecule has 2 nitrogen and oxygen atoms in total. The average Bonchev–Trinajstić information content (AvgIpc) is 2.15. The van der Waals surface area contributed by atoms with Crippen LogP contribution in [-0.4, -0.2) is 6.61 Å². The number of benzene rings is 1. The summed E-state index contributed by atoms with van der Waals surface area (Å²) in [6.45, 7) is 8.35. The number of rotatable bonds is 4. The lowest BCUT2D eigenvalue weighted by Crippen LogP contribution is -1.99. The molecule has 0 aliphatic heterocycles. The molecule has 1 rings (SSSR count). The first kappa shape index (κ1) is 10.6. The Morgan fingerprint density at radius 3 is 2.71 bits per heavy atom. The maximum absolute atomic E-state index is 5.84. The van der Waals surface area contributed by atoms with Crippen LogP contribution in [0.2, 0.25) is 0 Å². The predicted octanol–water partition coefficient (Wildman–Crippen LogP) is 2.96. The Morgan fingerprint density at radius 2 is 2.21 bits per heavy atom. The second-order valence-corrected chi connectivity index (χ2v) is 3.55. The molecule has 0 aromatic heterocycles. The van der Waals surface area contributed by atoms with Gasteiger partial charge in [0.2, 0.25) is 0 Å². The largest absolute Gasteiger partial charge is 0.487 e. The van der Waals surface area contributed by atoms with Gasteiger partial charge in [-0.3, -0.25) is 0 Å². The summed E-state index contributed by atoms with van der Waals surface area (Å²) in [5, 5.41) is 0. The number of nitrogens with two attached hydrogens (primary N) is 1. The SMILES string of the molecule is C=CCOc1ccc(C(C)C)cc1N. The fourth-order valence-electron chi connectivity index (χ4n) is 1.21. The van der Waals surface area contributed by atoms with E-state index in [0.717, 1.165) is 5.75 Å². The summed E-state index contributed by atoms with van der Waals surface area (Å²) in [6.07, 6.45) is 1.70. The van der Waals surface area contributed by atoms with Gasteiger partial charge in [0.15, 0.2) is 0 Å². The van der Waals surface area contributed by atoms with E-state index in [1.54, 1.807) is 6.08 Å². The minimum atomic E-state index is 0.491. The van der Waals surface area contributed by atoms with Crippen LogP contribution >= 0.6 is 0 Å². The van der Waals surface area contributed by atoms with Gasteiger partial charge >= 0.3 is 0 Å². The Kier molecular flexibility index (Phi) is 3.57. The van der Waals surface area contributed by atoms with E-state index in [1.807, 2.05) is 18.2 Å². The van der Waals surface area contributed by atoms with Gasteiger partial charge in [-0.05, 0) is 23.6 Å². The molecule has 0 fully saturated rings. The molecule has 1 aromatic rings. The lowest BCUT2D eigenvalue weighted by molar-refractivity contribution is 0.365. The maximum Gasteiger partial charge on any atom is 0.142 e. The molecule has 0 heterocycles. The van der Waals surface area contributed by atoms with E-state index < -0.39 is 0 Å². The van der Waals surface area contributed by atoms with Crippen LogP contribution < -0.4 is 10.5 Å². The number of ether oxygens (including phenoxy) is 1. The second-order valence-electron chi connectivity index (χ2n) is 3.55. The molecule has 76 valence electrons. The molecule has 0 aliphatic rings. The van der Waals surface area contributed by atoms with Crippen LogP contribution in [0.5, 0.6) is 5.75 Å². The standard InChI is InChI=1S/C12H17NO/c1-4-7-14-12-6-5-10(9(2)3)8-11(12)13/h4-6,8-9H,1,7,13H2,2-3H3. The molecule has 0 amide bonds. The second kappa shape index (κ2) is 4.70. The van der Waals surface area contributed by atoms with Crippen molar-refractivity contribution in [1.29, 1.82) is 0 Å². The summed E-state index contributed by atoms with van der Waals surface area (Å²) in [4.78, 5) is 0. The van der Waals surface area contributed by atoms with Crippen LogP contribution in [0.15, 0.2) is 30.9 Å². The Bertz CT molecular complexity index is 318. The highest BCUT2D eigenvalue weighted by molar-refractivity contribution is 5.54. The zero-order valence-corrected chi connectivity index (χ0v) is 8.79. The van der Waals surface area contributed by atoms with Gasteiger partial charge in [0.05, 0.1) is 5.69 Å². The molecule has 0 aliphatic carbocycles. The minimum absolute atomic E-state index is 0.491. The summed E-state index contributed by atoms with van der Waals surface area (Å²) < 4.78 is 5.38. The van der Waals surface area contributed by atoms with Gasteiger partial charge in [-0.25, -0.2) is 0 Å². The molecule has 1 aromatic carbocycles. The van der Waals surface area contributed by atoms with Crippen LogP contribution in [0.3, 0.4) is 0 Å². The third kappa shape index (κ3) is 2.52. The summed E-state index contributed by atoms with van der Waals surface area (Å²) >= 11 is 0. The van der Waals surface area contributed by atoms with Crippen molar-refractivity contribution in [3.8, 4) is 5.75 Å². The van der Waals surface area contributed by atoms with E-state index in [-0.39, 0.29) is 0 Å². The zero-order valence-electron chi connectivity index (χ0n) is 8.79. The Hall–Kier alpha value is -1.44. The summed E-state index contributed by atoms with van der Waals surface area (Å²) in [6, 6.07) is 5.91. The van der Waals surface area contributed by atoms with Crippen molar-refractivity contribution in [2.75, 3.05) is 12.3 Å². The Labute approximate surface area is 85.4 Å². The Morgan fingerprint density at radius 1 is 1.50 bits per heavy atom. The van der Waals surface area contributed by atoms with Crippen LogP contribution in [0, 0.1) is 0 Å². The van der Waals surface area contributed by atoms with Crippen LogP contribution in [0.1, 0.15) is 25.3 Å². The van der Waals surface area contributed by atoms with Crippen molar-refractivity contribution in [3.63, 3.8) is 0 Å². The van der Waals surface area contributed by atoms with Crippen LogP contribution in [0.4, 0.5) is 5.69 Å². The van der Waals surface area contributed by atoms with Crippen LogP contribution in [-0.2, 0) is 0 Å². The molecule has 2 heteroatoms. The minimum Gasteiger partial charge on any atom is -0.487 e. The first-order valence-corrected chi connectivity index (χ1v) is 4.78. The molecule has 0 atom stereocenters. The highest BCUT2D eigenvalue weighted by Gasteiger charge is 2.03. The Balaban J connectivity index is 2.84. The molecular formula is C12H17NO. The molecule has 2 N–H and O–H groups in total. The van der Waals surface area contributed by atoms with Gasteiger partial charge in [-0.15, -0.1) is 0 Å². The van der Waals surface area contributed by atoms with Crippen molar-refractivity contribution in [1.82, 2.24) is 0 Å². The summed E-state index contributed by atoms with van der Waals surface area (Å²) in [5.74, 6) is 1.22. The number of hydrogen-bond acceptors (Lipinski definition) is 2. The molecule has 0 bridgehead atoms. The lowest BCUT2D eigenvalue weighted by atomic mass is 10.0. The third-order valence-corrected chi connectivity index (χ3v) is 2.06. The highest BCUT2D eigenvalue weighted by atomic mass is 16.5. The smallest absolute Gasteiger partial charge is 0.142 e.